The second kappa shape index (κ2) is 7.23. The first kappa shape index (κ1) is 19.2. The van der Waals surface area contributed by atoms with E-state index in [9.17, 15) is 13.2 Å². The van der Waals surface area contributed by atoms with Gasteiger partial charge in [0.15, 0.2) is 0 Å². The summed E-state index contributed by atoms with van der Waals surface area (Å²) in [6, 6.07) is 11.9. The Labute approximate surface area is 160 Å². The van der Waals surface area contributed by atoms with Crippen molar-refractivity contribution in [2.75, 3.05) is 16.2 Å². The summed E-state index contributed by atoms with van der Waals surface area (Å²) in [6.07, 6.45) is -0.153. The molecule has 0 aromatic heterocycles. The number of nitrogens with zero attached hydrogens (tertiary/aromatic N) is 1. The zero-order valence-corrected chi connectivity index (χ0v) is 16.7. The Morgan fingerprint density at radius 1 is 1.22 bits per heavy atom. The van der Waals surface area contributed by atoms with E-state index in [-0.39, 0.29) is 22.8 Å². The van der Waals surface area contributed by atoms with Crippen LogP contribution in [-0.4, -0.2) is 27.0 Å². The number of benzene rings is 2. The number of carbonyl (C=O) groups is 1. The lowest BCUT2D eigenvalue weighted by atomic mass is 10.0. The van der Waals surface area contributed by atoms with Gasteiger partial charge in [0.25, 0.3) is 10.0 Å². The third kappa shape index (κ3) is 3.93. The third-order valence-corrected chi connectivity index (χ3v) is 5.87. The van der Waals surface area contributed by atoms with E-state index >= 15 is 0 Å². The van der Waals surface area contributed by atoms with Gasteiger partial charge in [0.1, 0.15) is 11.9 Å². The van der Waals surface area contributed by atoms with Gasteiger partial charge in [0.05, 0.1) is 22.8 Å². The highest BCUT2D eigenvalue weighted by molar-refractivity contribution is 7.92. The lowest BCUT2D eigenvalue weighted by Gasteiger charge is -2.33. The zero-order chi connectivity index (χ0) is 19.8. The Bertz CT molecular complexity index is 970. The Balaban J connectivity index is 1.99. The SMILES string of the molecule is CC(=O)N1CC(C)Oc2ccc(S(=O)(=O)Nc3ccccc3C(C)C)cc21. The predicted molar refractivity (Wildman–Crippen MR) is 106 cm³/mol. The van der Waals surface area contributed by atoms with Gasteiger partial charge in [0.2, 0.25) is 5.91 Å². The number of ether oxygens (including phenoxy) is 1. The first-order chi connectivity index (χ1) is 12.7. The number of hydrogen-bond donors (Lipinski definition) is 1. The van der Waals surface area contributed by atoms with Gasteiger partial charge in [0, 0.05) is 6.92 Å². The summed E-state index contributed by atoms with van der Waals surface area (Å²) in [7, 11) is -3.81. The fourth-order valence-electron chi connectivity index (χ4n) is 3.18. The molecule has 144 valence electrons. The molecule has 0 fully saturated rings. The first-order valence-electron chi connectivity index (χ1n) is 8.89. The van der Waals surface area contributed by atoms with Crippen molar-refractivity contribution >= 4 is 27.3 Å². The minimum Gasteiger partial charge on any atom is -0.487 e. The van der Waals surface area contributed by atoms with E-state index in [1.165, 1.54) is 19.1 Å². The van der Waals surface area contributed by atoms with Gasteiger partial charge < -0.3 is 9.64 Å². The number of fused-ring (bicyclic) bond motifs is 1. The summed E-state index contributed by atoms with van der Waals surface area (Å²) in [4.78, 5) is 13.6. The summed E-state index contributed by atoms with van der Waals surface area (Å²) in [6.45, 7) is 7.73. The molecule has 3 rings (SSSR count). The highest BCUT2D eigenvalue weighted by Crippen LogP contribution is 2.36. The summed E-state index contributed by atoms with van der Waals surface area (Å²) in [5.74, 6) is 0.528. The molecule has 0 aliphatic carbocycles. The summed E-state index contributed by atoms with van der Waals surface area (Å²) in [5.41, 5.74) is 1.95. The molecule has 0 radical (unpaired) electrons. The van der Waals surface area contributed by atoms with Crippen LogP contribution in [0, 0.1) is 0 Å². The van der Waals surface area contributed by atoms with E-state index in [1.807, 2.05) is 32.9 Å². The monoisotopic (exact) mass is 388 g/mol. The molecule has 1 heterocycles. The van der Waals surface area contributed by atoms with Crippen molar-refractivity contribution in [2.24, 2.45) is 0 Å². The van der Waals surface area contributed by atoms with Gasteiger partial charge in [-0.3, -0.25) is 9.52 Å². The molecule has 27 heavy (non-hydrogen) atoms. The Morgan fingerprint density at radius 2 is 1.93 bits per heavy atom. The smallest absolute Gasteiger partial charge is 0.261 e. The summed E-state index contributed by atoms with van der Waals surface area (Å²) >= 11 is 0. The number of amides is 1. The number of sulfonamides is 1. The van der Waals surface area contributed by atoms with Crippen molar-refractivity contribution in [3.05, 3.63) is 48.0 Å². The maximum atomic E-state index is 12.9. The Hall–Kier alpha value is -2.54. The molecule has 1 aliphatic rings. The van der Waals surface area contributed by atoms with Gasteiger partial charge in [-0.2, -0.15) is 0 Å². The molecule has 6 nitrogen and oxygen atoms in total. The molecule has 1 amide bonds. The van der Waals surface area contributed by atoms with E-state index in [0.717, 1.165) is 5.56 Å². The van der Waals surface area contributed by atoms with Crippen molar-refractivity contribution in [2.45, 2.75) is 44.6 Å². The summed E-state index contributed by atoms with van der Waals surface area (Å²) < 4.78 is 34.3. The average molecular weight is 388 g/mol. The van der Waals surface area contributed by atoms with Crippen LogP contribution in [0.3, 0.4) is 0 Å². The molecular weight excluding hydrogens is 364 g/mol. The van der Waals surface area contributed by atoms with Crippen molar-refractivity contribution in [1.82, 2.24) is 0 Å². The highest BCUT2D eigenvalue weighted by atomic mass is 32.2. The normalized spacial score (nSPS) is 16.6. The van der Waals surface area contributed by atoms with E-state index < -0.39 is 10.0 Å². The zero-order valence-electron chi connectivity index (χ0n) is 15.9. The lowest BCUT2D eigenvalue weighted by molar-refractivity contribution is -0.117. The molecule has 1 aliphatic heterocycles. The molecule has 2 aromatic rings. The number of nitrogens with one attached hydrogen (secondary N) is 1. The van der Waals surface area contributed by atoms with Crippen LogP contribution in [0.25, 0.3) is 0 Å². The van der Waals surface area contributed by atoms with Crippen LogP contribution in [0.5, 0.6) is 5.75 Å². The van der Waals surface area contributed by atoms with Gasteiger partial charge in [-0.05, 0) is 42.7 Å². The van der Waals surface area contributed by atoms with Crippen LogP contribution < -0.4 is 14.4 Å². The van der Waals surface area contributed by atoms with Gasteiger partial charge in [-0.15, -0.1) is 0 Å². The predicted octanol–water partition coefficient (Wildman–Crippen LogP) is 3.74. The number of para-hydroxylation sites is 1. The van der Waals surface area contributed by atoms with Crippen LogP contribution in [0.1, 0.15) is 39.2 Å². The van der Waals surface area contributed by atoms with Crippen LogP contribution in [0.4, 0.5) is 11.4 Å². The van der Waals surface area contributed by atoms with Crippen molar-refractivity contribution < 1.29 is 17.9 Å². The topological polar surface area (TPSA) is 75.7 Å². The van der Waals surface area contributed by atoms with E-state index in [1.54, 1.807) is 23.1 Å². The molecular formula is C20H24N2O4S. The minimum absolute atomic E-state index is 0.0872. The van der Waals surface area contributed by atoms with E-state index in [0.29, 0.717) is 23.7 Å². The number of hydrogen-bond acceptors (Lipinski definition) is 4. The van der Waals surface area contributed by atoms with Crippen molar-refractivity contribution in [3.63, 3.8) is 0 Å². The average Bonchev–Trinajstić information content (AvgIpc) is 2.60. The van der Waals surface area contributed by atoms with Crippen LogP contribution in [-0.2, 0) is 14.8 Å². The molecule has 1 atom stereocenters. The van der Waals surface area contributed by atoms with Gasteiger partial charge in [-0.25, -0.2) is 8.42 Å². The van der Waals surface area contributed by atoms with E-state index in [4.69, 9.17) is 4.74 Å². The van der Waals surface area contributed by atoms with Crippen molar-refractivity contribution in [3.8, 4) is 5.75 Å². The fraction of sp³-hybridized carbons (Fsp3) is 0.350. The highest BCUT2D eigenvalue weighted by Gasteiger charge is 2.28. The minimum atomic E-state index is -3.81. The fourth-order valence-corrected chi connectivity index (χ4v) is 4.29. The summed E-state index contributed by atoms with van der Waals surface area (Å²) in [5, 5.41) is 0. The Kier molecular flexibility index (Phi) is 5.15. The van der Waals surface area contributed by atoms with Crippen molar-refractivity contribution in [1.29, 1.82) is 0 Å². The lowest BCUT2D eigenvalue weighted by Crippen LogP contribution is -2.41. The van der Waals surface area contributed by atoms with E-state index in [2.05, 4.69) is 4.72 Å². The molecule has 1 unspecified atom stereocenters. The maximum absolute atomic E-state index is 12.9. The van der Waals surface area contributed by atoms with Gasteiger partial charge in [-0.1, -0.05) is 32.0 Å². The molecule has 0 spiro atoms. The molecule has 2 aromatic carbocycles. The van der Waals surface area contributed by atoms with Crippen LogP contribution in [0.15, 0.2) is 47.4 Å². The molecule has 0 saturated heterocycles. The molecule has 1 N–H and O–H groups in total. The third-order valence-electron chi connectivity index (χ3n) is 4.51. The van der Waals surface area contributed by atoms with Gasteiger partial charge >= 0.3 is 0 Å². The standard InChI is InChI=1S/C20H24N2O4S/c1-13(2)17-7-5-6-8-18(17)21-27(24,25)16-9-10-20-19(11-16)22(15(4)23)12-14(3)26-20/h5-11,13-14,21H,12H2,1-4H3. The second-order valence-corrected chi connectivity index (χ2v) is 8.72. The largest absolute Gasteiger partial charge is 0.487 e. The van der Waals surface area contributed by atoms with Crippen LogP contribution in [0.2, 0.25) is 0 Å². The second-order valence-electron chi connectivity index (χ2n) is 7.04. The van der Waals surface area contributed by atoms with Crippen LogP contribution >= 0.6 is 0 Å². The number of anilines is 2. The molecule has 0 saturated carbocycles. The molecule has 0 bridgehead atoms. The maximum Gasteiger partial charge on any atom is 0.261 e. The molecule has 7 heteroatoms. The first-order valence-corrected chi connectivity index (χ1v) is 10.4. The number of carbonyl (C=O) groups excluding carboxylic acids is 1. The quantitative estimate of drug-likeness (QED) is 0.866. The number of rotatable bonds is 4. The Morgan fingerprint density at radius 3 is 2.59 bits per heavy atom.